The Balaban J connectivity index is 1.57. The average Bonchev–Trinajstić information content (AvgIpc) is 2.90. The minimum absolute atomic E-state index is 0.0732. The van der Waals surface area contributed by atoms with Gasteiger partial charge in [-0.3, -0.25) is 0 Å². The Morgan fingerprint density at radius 1 is 0.875 bits per heavy atom. The van der Waals surface area contributed by atoms with Crippen molar-refractivity contribution in [3.8, 4) is 17.6 Å². The number of halogens is 6. The third-order valence-corrected chi connectivity index (χ3v) is 6.44. The molecule has 0 unspecified atom stereocenters. The summed E-state index contributed by atoms with van der Waals surface area (Å²) < 4.78 is 82.6. The van der Waals surface area contributed by atoms with Crippen LogP contribution in [-0.4, -0.2) is 28.9 Å². The van der Waals surface area contributed by atoms with Gasteiger partial charge in [0.1, 0.15) is 11.6 Å². The van der Waals surface area contributed by atoms with Gasteiger partial charge in [0.15, 0.2) is 0 Å². The largest absolute Gasteiger partial charge is 0.573 e. The molecule has 0 radical (unpaired) electrons. The van der Waals surface area contributed by atoms with Crippen molar-refractivity contribution in [2.24, 2.45) is 11.7 Å². The normalized spacial score (nSPS) is 17.5. The van der Waals surface area contributed by atoms with Crippen molar-refractivity contribution in [2.45, 2.75) is 50.8 Å². The summed E-state index contributed by atoms with van der Waals surface area (Å²) in [4.78, 5) is 8.61. The first kappa shape index (κ1) is 29.0. The highest BCUT2D eigenvalue weighted by atomic mass is 19.4. The number of aromatic nitrogens is 2. The summed E-state index contributed by atoms with van der Waals surface area (Å²) in [5, 5.41) is 6.11. The molecule has 1 aliphatic rings. The average molecular weight is 564 g/mol. The number of benzene rings is 2. The van der Waals surface area contributed by atoms with Gasteiger partial charge in [-0.15, -0.1) is 13.2 Å². The van der Waals surface area contributed by atoms with Crippen LogP contribution in [0.2, 0.25) is 0 Å². The number of ether oxygens (including phenoxy) is 1. The smallest absolute Gasteiger partial charge is 0.405 e. The molecule has 1 aromatic heterocycles. The molecule has 0 amide bonds. The van der Waals surface area contributed by atoms with E-state index in [1.165, 1.54) is 42.6 Å². The lowest BCUT2D eigenvalue weighted by Gasteiger charge is -2.26. The molecule has 6 nitrogen and oxygen atoms in total. The lowest BCUT2D eigenvalue weighted by Crippen LogP contribution is -2.29. The van der Waals surface area contributed by atoms with Gasteiger partial charge in [-0.2, -0.15) is 18.2 Å². The second kappa shape index (κ2) is 12.5. The monoisotopic (exact) mass is 563 g/mol. The third-order valence-electron chi connectivity index (χ3n) is 6.44. The molecule has 212 valence electrons. The molecule has 1 heterocycles. The van der Waals surface area contributed by atoms with Gasteiger partial charge < -0.3 is 21.1 Å². The molecule has 0 saturated heterocycles. The van der Waals surface area contributed by atoms with E-state index in [1.807, 2.05) is 0 Å². The Bertz CT molecular complexity index is 1360. The first-order chi connectivity index (χ1) is 19.0. The third kappa shape index (κ3) is 8.26. The summed E-state index contributed by atoms with van der Waals surface area (Å²) >= 11 is 0. The fourth-order valence-corrected chi connectivity index (χ4v) is 4.35. The molecule has 0 bridgehead atoms. The minimum atomic E-state index is -4.85. The molecular formula is C28H27F6N5O. The highest BCUT2D eigenvalue weighted by Gasteiger charge is 2.33. The van der Waals surface area contributed by atoms with Crippen LogP contribution in [0, 0.1) is 17.8 Å². The Labute approximate surface area is 227 Å². The molecule has 2 aromatic carbocycles. The van der Waals surface area contributed by atoms with Crippen LogP contribution in [0.5, 0.6) is 5.75 Å². The zero-order valence-corrected chi connectivity index (χ0v) is 21.2. The molecule has 4 N–H and O–H groups in total. The summed E-state index contributed by atoms with van der Waals surface area (Å²) in [6, 6.07) is 10.8. The van der Waals surface area contributed by atoms with Crippen molar-refractivity contribution in [1.82, 2.24) is 9.97 Å². The van der Waals surface area contributed by atoms with Crippen LogP contribution in [0.4, 0.5) is 38.1 Å². The van der Waals surface area contributed by atoms with Gasteiger partial charge in [-0.1, -0.05) is 42.2 Å². The first-order valence-corrected chi connectivity index (χ1v) is 12.6. The number of nitrogens with zero attached hydrogens (tertiary/aromatic N) is 2. The van der Waals surface area contributed by atoms with E-state index >= 15 is 0 Å². The lowest BCUT2D eigenvalue weighted by atomic mass is 9.86. The molecule has 12 heteroatoms. The Morgan fingerprint density at radius 2 is 1.55 bits per heavy atom. The van der Waals surface area contributed by atoms with E-state index < -0.39 is 18.1 Å². The quantitative estimate of drug-likeness (QED) is 0.230. The predicted octanol–water partition coefficient (Wildman–Crippen LogP) is 6.34. The van der Waals surface area contributed by atoms with Crippen LogP contribution in [-0.2, 0) is 12.7 Å². The van der Waals surface area contributed by atoms with E-state index in [2.05, 4.69) is 37.2 Å². The number of nitrogens with one attached hydrogen (secondary N) is 2. The van der Waals surface area contributed by atoms with Gasteiger partial charge >= 0.3 is 12.5 Å². The number of rotatable bonds is 7. The van der Waals surface area contributed by atoms with Crippen molar-refractivity contribution >= 4 is 11.8 Å². The molecular weight excluding hydrogens is 536 g/mol. The molecule has 4 rings (SSSR count). The van der Waals surface area contributed by atoms with Crippen molar-refractivity contribution in [1.29, 1.82) is 0 Å². The number of hydrogen-bond acceptors (Lipinski definition) is 6. The maximum atomic E-state index is 13.4. The van der Waals surface area contributed by atoms with Crippen LogP contribution >= 0.6 is 0 Å². The number of anilines is 2. The maximum absolute atomic E-state index is 13.4. The van der Waals surface area contributed by atoms with E-state index in [4.69, 9.17) is 5.73 Å². The molecule has 1 fully saturated rings. The second-order valence-corrected chi connectivity index (χ2v) is 9.42. The molecule has 3 aromatic rings. The standard InChI is InChI=1S/C28H27F6N5O/c29-27(30,31)23-7-3-1-5-19(23)11-12-21-17-38-26(39-25(21)36-15-18-9-13-22(35)14-10-18)37-16-20-6-2-4-8-24(20)40-28(32,33)34/h1-8,17-18,22H,9-10,13-16,35H2,(H2,36,37,38,39). The Morgan fingerprint density at radius 3 is 2.27 bits per heavy atom. The Kier molecular flexibility index (Phi) is 9.04. The van der Waals surface area contributed by atoms with E-state index in [0.717, 1.165) is 31.7 Å². The number of alkyl halides is 6. The highest BCUT2D eigenvalue weighted by molar-refractivity contribution is 5.58. The van der Waals surface area contributed by atoms with Gasteiger partial charge in [0.05, 0.1) is 17.3 Å². The molecule has 0 atom stereocenters. The minimum Gasteiger partial charge on any atom is -0.405 e. The first-order valence-electron chi connectivity index (χ1n) is 12.6. The number of nitrogens with two attached hydrogens (primary N) is 1. The van der Waals surface area contributed by atoms with Crippen molar-refractivity contribution in [3.05, 3.63) is 77.0 Å². The number of hydrogen-bond donors (Lipinski definition) is 3. The lowest BCUT2D eigenvalue weighted by molar-refractivity contribution is -0.274. The van der Waals surface area contributed by atoms with Crippen LogP contribution in [0.15, 0.2) is 54.7 Å². The number of para-hydroxylation sites is 1. The van der Waals surface area contributed by atoms with Gasteiger partial charge in [0.25, 0.3) is 0 Å². The van der Waals surface area contributed by atoms with E-state index in [9.17, 15) is 26.3 Å². The highest BCUT2D eigenvalue weighted by Crippen LogP contribution is 2.32. The fourth-order valence-electron chi connectivity index (χ4n) is 4.35. The Hall–Kier alpha value is -3.98. The molecule has 0 aliphatic heterocycles. The molecule has 0 spiro atoms. The predicted molar refractivity (Wildman–Crippen MR) is 138 cm³/mol. The summed E-state index contributed by atoms with van der Waals surface area (Å²) in [7, 11) is 0. The molecule has 1 aliphatic carbocycles. The fraction of sp³-hybridized carbons (Fsp3) is 0.357. The zero-order chi connectivity index (χ0) is 28.8. The second-order valence-electron chi connectivity index (χ2n) is 9.42. The topological polar surface area (TPSA) is 85.1 Å². The summed E-state index contributed by atoms with van der Waals surface area (Å²) in [6.07, 6.45) is -4.44. The van der Waals surface area contributed by atoms with Crippen LogP contribution < -0.4 is 21.1 Å². The van der Waals surface area contributed by atoms with Crippen LogP contribution in [0.1, 0.15) is 47.9 Å². The summed E-state index contributed by atoms with van der Waals surface area (Å²) in [5.41, 5.74) is 5.45. The van der Waals surface area contributed by atoms with Gasteiger partial charge in [-0.25, -0.2) is 4.98 Å². The van der Waals surface area contributed by atoms with E-state index in [-0.39, 0.29) is 41.0 Å². The molecule has 40 heavy (non-hydrogen) atoms. The van der Waals surface area contributed by atoms with Crippen LogP contribution in [0.25, 0.3) is 0 Å². The zero-order valence-electron chi connectivity index (χ0n) is 21.2. The SMILES string of the molecule is NC1CCC(CNc2nc(NCc3ccccc3OC(F)(F)F)ncc2C#Cc2ccccc2C(F)(F)F)CC1. The van der Waals surface area contributed by atoms with Crippen molar-refractivity contribution in [2.75, 3.05) is 17.2 Å². The van der Waals surface area contributed by atoms with Crippen molar-refractivity contribution in [3.63, 3.8) is 0 Å². The summed E-state index contributed by atoms with van der Waals surface area (Å²) in [5.74, 6) is 5.67. The van der Waals surface area contributed by atoms with Gasteiger partial charge in [0, 0.05) is 30.3 Å². The van der Waals surface area contributed by atoms with E-state index in [1.54, 1.807) is 6.07 Å². The summed E-state index contributed by atoms with van der Waals surface area (Å²) in [6.45, 7) is 0.468. The van der Waals surface area contributed by atoms with Crippen LogP contribution in [0.3, 0.4) is 0 Å². The molecule has 1 saturated carbocycles. The van der Waals surface area contributed by atoms with E-state index in [0.29, 0.717) is 18.3 Å². The van der Waals surface area contributed by atoms with Crippen molar-refractivity contribution < 1.29 is 31.1 Å². The van der Waals surface area contributed by atoms with Gasteiger partial charge in [-0.05, 0) is 49.8 Å². The van der Waals surface area contributed by atoms with Gasteiger partial charge in [0.2, 0.25) is 5.95 Å². The maximum Gasteiger partial charge on any atom is 0.573 e.